The van der Waals surface area contributed by atoms with Crippen molar-refractivity contribution < 1.29 is 23.7 Å². The molecule has 0 aromatic heterocycles. The van der Waals surface area contributed by atoms with E-state index in [1.54, 1.807) is 6.07 Å². The zero-order valence-electron chi connectivity index (χ0n) is 28.8. The lowest BCUT2D eigenvalue weighted by Crippen LogP contribution is -2.53. The van der Waals surface area contributed by atoms with Crippen LogP contribution >= 0.6 is 11.6 Å². The van der Waals surface area contributed by atoms with E-state index >= 15 is 0 Å². The number of hydrogen-bond donors (Lipinski definition) is 0. The fourth-order valence-electron chi connectivity index (χ4n) is 6.68. The van der Waals surface area contributed by atoms with Crippen LogP contribution in [0.4, 0.5) is 0 Å². The number of carbonyl (C=O) groups excluding carboxylic acids is 1. The van der Waals surface area contributed by atoms with Gasteiger partial charge in [0.2, 0.25) is 0 Å². The largest absolute Gasteiger partial charge is 0.374 e. The van der Waals surface area contributed by atoms with Gasteiger partial charge in [-0.1, -0.05) is 147 Å². The third kappa shape index (κ3) is 9.16. The molecule has 6 rings (SSSR count). The van der Waals surface area contributed by atoms with Crippen LogP contribution in [0.2, 0.25) is 5.02 Å². The van der Waals surface area contributed by atoms with Gasteiger partial charge in [0.25, 0.3) is 0 Å². The summed E-state index contributed by atoms with van der Waals surface area (Å²) < 4.78 is 26.8. The highest BCUT2D eigenvalue weighted by molar-refractivity contribution is 6.31. The molecule has 0 radical (unpaired) electrons. The van der Waals surface area contributed by atoms with E-state index in [4.69, 9.17) is 30.5 Å². The third-order valence-corrected chi connectivity index (χ3v) is 9.85. The predicted molar refractivity (Wildman–Crippen MR) is 198 cm³/mol. The van der Waals surface area contributed by atoms with Crippen molar-refractivity contribution in [3.8, 4) is 0 Å². The Labute approximate surface area is 301 Å². The Kier molecular flexibility index (Phi) is 12.7. The minimum absolute atomic E-state index is 0.119. The molecule has 0 N–H and O–H groups in total. The van der Waals surface area contributed by atoms with E-state index in [9.17, 15) is 4.79 Å². The predicted octanol–water partition coefficient (Wildman–Crippen LogP) is 9.77. The molecule has 1 aliphatic rings. The second kappa shape index (κ2) is 17.7. The van der Waals surface area contributed by atoms with Crippen molar-refractivity contribution >= 4 is 17.9 Å². The lowest BCUT2D eigenvalue weighted by Gasteiger charge is -2.46. The summed E-state index contributed by atoms with van der Waals surface area (Å²) in [5.41, 5.74) is 7.80. The van der Waals surface area contributed by atoms with Gasteiger partial charge in [0.15, 0.2) is 0 Å². The molecule has 0 amide bonds. The number of ether oxygens (including phenoxy) is 4. The summed E-state index contributed by atoms with van der Waals surface area (Å²) in [7, 11) is 0. The maximum atomic E-state index is 12.7. The molecule has 5 aromatic rings. The zero-order chi connectivity index (χ0) is 34.7. The average molecular weight is 689 g/mol. The Morgan fingerprint density at radius 2 is 1.22 bits per heavy atom. The normalized spacial score (nSPS) is 20.4. The van der Waals surface area contributed by atoms with Gasteiger partial charge < -0.3 is 18.9 Å². The fraction of sp³-hybridized carbons (Fsp3) is 0.295. The number of aldehydes is 1. The molecular formula is C44H45ClO5. The van der Waals surface area contributed by atoms with Crippen LogP contribution in [-0.2, 0) is 51.6 Å². The summed E-state index contributed by atoms with van der Waals surface area (Å²) in [5, 5.41) is 0.549. The smallest absolute Gasteiger partial charge is 0.150 e. The van der Waals surface area contributed by atoms with Crippen LogP contribution in [0.25, 0.3) is 0 Å². The van der Waals surface area contributed by atoms with Crippen LogP contribution in [-0.4, -0.2) is 31.2 Å². The Hall–Kier alpha value is -4.10. The number of hydrogen-bond acceptors (Lipinski definition) is 5. The van der Waals surface area contributed by atoms with Gasteiger partial charge in [-0.05, 0) is 57.9 Å². The molecule has 1 aliphatic heterocycles. The van der Waals surface area contributed by atoms with Gasteiger partial charge in [-0.2, -0.15) is 0 Å². The van der Waals surface area contributed by atoms with Crippen LogP contribution in [0, 0.1) is 5.92 Å². The summed E-state index contributed by atoms with van der Waals surface area (Å²) in [6, 6.07) is 42.7. The van der Waals surface area contributed by atoms with E-state index < -0.39 is 18.3 Å². The van der Waals surface area contributed by atoms with E-state index in [1.165, 1.54) is 5.56 Å². The maximum Gasteiger partial charge on any atom is 0.150 e. The van der Waals surface area contributed by atoms with Crippen LogP contribution < -0.4 is 0 Å². The number of benzene rings is 5. The number of halogens is 1. The molecule has 0 spiro atoms. The maximum absolute atomic E-state index is 12.7. The van der Waals surface area contributed by atoms with Gasteiger partial charge in [0.05, 0.1) is 38.6 Å². The Morgan fingerprint density at radius 1 is 0.680 bits per heavy atom. The molecule has 258 valence electrons. The molecule has 5 atom stereocenters. The first-order valence-electron chi connectivity index (χ1n) is 17.5. The van der Waals surface area contributed by atoms with Crippen molar-refractivity contribution in [2.75, 3.05) is 6.61 Å². The van der Waals surface area contributed by atoms with Gasteiger partial charge in [-0.3, -0.25) is 4.79 Å². The molecule has 0 bridgehead atoms. The van der Waals surface area contributed by atoms with Crippen molar-refractivity contribution in [3.63, 3.8) is 0 Å². The van der Waals surface area contributed by atoms with Gasteiger partial charge >= 0.3 is 0 Å². The highest BCUT2D eigenvalue weighted by Gasteiger charge is 2.46. The van der Waals surface area contributed by atoms with Crippen molar-refractivity contribution in [1.82, 2.24) is 0 Å². The second-order valence-corrected chi connectivity index (χ2v) is 13.4. The summed E-state index contributed by atoms with van der Waals surface area (Å²) in [5.74, 6) is -0.119. The van der Waals surface area contributed by atoms with Gasteiger partial charge in [-0.25, -0.2) is 0 Å². The van der Waals surface area contributed by atoms with Gasteiger partial charge in [0.1, 0.15) is 18.5 Å². The molecule has 5 aromatic carbocycles. The van der Waals surface area contributed by atoms with E-state index in [2.05, 4.69) is 50.2 Å². The topological polar surface area (TPSA) is 54.0 Å². The van der Waals surface area contributed by atoms with Crippen molar-refractivity contribution in [3.05, 3.63) is 177 Å². The summed E-state index contributed by atoms with van der Waals surface area (Å²) >= 11 is 6.84. The van der Waals surface area contributed by atoms with E-state index in [-0.39, 0.29) is 12.0 Å². The van der Waals surface area contributed by atoms with Gasteiger partial charge in [-0.15, -0.1) is 0 Å². The van der Waals surface area contributed by atoms with E-state index in [0.29, 0.717) is 43.4 Å². The molecule has 1 fully saturated rings. The van der Waals surface area contributed by atoms with Crippen LogP contribution in [0.15, 0.2) is 127 Å². The zero-order valence-corrected chi connectivity index (χ0v) is 29.5. The number of carbonyl (C=O) groups is 1. The molecule has 1 saturated heterocycles. The average Bonchev–Trinajstić information content (AvgIpc) is 3.16. The summed E-state index contributed by atoms with van der Waals surface area (Å²) in [4.78, 5) is 12.7. The Balaban J connectivity index is 1.34. The molecular weight excluding hydrogens is 644 g/mol. The highest BCUT2D eigenvalue weighted by Crippen LogP contribution is 2.42. The Bertz CT molecular complexity index is 1780. The van der Waals surface area contributed by atoms with Crippen LogP contribution in [0.3, 0.4) is 0 Å². The lowest BCUT2D eigenvalue weighted by molar-refractivity contribution is -0.242. The van der Waals surface area contributed by atoms with Crippen LogP contribution in [0.1, 0.15) is 69.3 Å². The van der Waals surface area contributed by atoms with Gasteiger partial charge in [0, 0.05) is 16.5 Å². The molecule has 6 heteroatoms. The number of aryl methyl sites for hydroxylation is 1. The Morgan fingerprint density at radius 3 is 1.78 bits per heavy atom. The van der Waals surface area contributed by atoms with E-state index in [0.717, 1.165) is 46.1 Å². The van der Waals surface area contributed by atoms with Crippen molar-refractivity contribution in [1.29, 1.82) is 0 Å². The van der Waals surface area contributed by atoms with Crippen molar-refractivity contribution in [2.24, 2.45) is 5.92 Å². The summed E-state index contributed by atoms with van der Waals surface area (Å²) in [6.07, 6.45) is 0.687. The molecule has 50 heavy (non-hydrogen) atoms. The monoisotopic (exact) mass is 688 g/mol. The fourth-order valence-corrected chi connectivity index (χ4v) is 6.92. The standard InChI is InChI=1S/C44H45ClO5/c1-3-32-19-21-33(22-20-32)23-37-24-39(38(26-46)25-40(37)45)44-43(49-29-36-17-11-6-12-18-36)31(2)42(48-28-35-15-9-5-10-16-35)41(50-44)30-47-27-34-13-7-4-8-14-34/h4-22,24-26,31,41-44H,3,23,27-30H2,1-2H3. The molecule has 0 aliphatic carbocycles. The number of rotatable bonds is 15. The first-order chi connectivity index (χ1) is 24.5. The second-order valence-electron chi connectivity index (χ2n) is 13.0. The molecule has 5 nitrogen and oxygen atoms in total. The first-order valence-corrected chi connectivity index (χ1v) is 17.8. The van der Waals surface area contributed by atoms with Crippen LogP contribution in [0.5, 0.6) is 0 Å². The van der Waals surface area contributed by atoms with Crippen molar-refractivity contribution in [2.45, 2.75) is 70.9 Å². The SMILES string of the molecule is CCc1ccc(Cc2cc(C3OC(COCc4ccccc4)C(OCc4ccccc4)C(C)C3OCc3ccccc3)c(C=O)cc2Cl)cc1. The molecule has 0 saturated carbocycles. The third-order valence-electron chi connectivity index (χ3n) is 9.50. The van der Waals surface area contributed by atoms with E-state index in [1.807, 2.05) is 84.9 Å². The molecule has 1 heterocycles. The minimum atomic E-state index is -0.575. The minimum Gasteiger partial charge on any atom is -0.374 e. The first kappa shape index (κ1) is 35.7. The lowest BCUT2D eigenvalue weighted by atomic mass is 9.82. The summed E-state index contributed by atoms with van der Waals surface area (Å²) in [6.45, 7) is 5.86. The molecule has 5 unspecified atom stereocenters. The quantitative estimate of drug-likeness (QED) is 0.103. The highest BCUT2D eigenvalue weighted by atomic mass is 35.5.